The smallest absolute Gasteiger partial charge is 0.300 e. The zero-order valence-electron chi connectivity index (χ0n) is 19.5. The highest BCUT2D eigenvalue weighted by molar-refractivity contribution is 6.51. The quantitative estimate of drug-likeness (QED) is 0.327. The van der Waals surface area contributed by atoms with Crippen LogP contribution >= 0.6 is 0 Å². The Kier molecular flexibility index (Phi) is 5.81. The fourth-order valence-corrected chi connectivity index (χ4v) is 4.33. The van der Waals surface area contributed by atoms with Crippen molar-refractivity contribution in [1.29, 1.82) is 0 Å². The van der Waals surface area contributed by atoms with Crippen LogP contribution in [-0.4, -0.2) is 23.9 Å². The maximum absolute atomic E-state index is 13.3. The molecule has 168 valence electrons. The second-order valence-electron chi connectivity index (χ2n) is 8.49. The van der Waals surface area contributed by atoms with Crippen LogP contribution in [0.3, 0.4) is 0 Å². The Labute approximate surface area is 193 Å². The number of hydrogen-bond acceptors (Lipinski definition) is 4. The first-order chi connectivity index (χ1) is 15.7. The van der Waals surface area contributed by atoms with E-state index < -0.39 is 17.7 Å². The second-order valence-corrected chi connectivity index (χ2v) is 8.49. The van der Waals surface area contributed by atoms with Gasteiger partial charge in [0.1, 0.15) is 11.5 Å². The molecular formula is C28H27NO4. The van der Waals surface area contributed by atoms with Crippen LogP contribution in [0.15, 0.2) is 66.2 Å². The molecule has 5 nitrogen and oxygen atoms in total. The van der Waals surface area contributed by atoms with Crippen molar-refractivity contribution in [3.05, 3.63) is 99.6 Å². The van der Waals surface area contributed by atoms with Crippen LogP contribution in [0.2, 0.25) is 0 Å². The highest BCUT2D eigenvalue weighted by Gasteiger charge is 2.47. The summed E-state index contributed by atoms with van der Waals surface area (Å²) in [4.78, 5) is 28.1. The van der Waals surface area contributed by atoms with E-state index in [1.165, 1.54) is 4.90 Å². The molecule has 1 aliphatic heterocycles. The maximum Gasteiger partial charge on any atom is 0.300 e. The van der Waals surface area contributed by atoms with Gasteiger partial charge in [-0.2, -0.15) is 0 Å². The Hall–Kier alpha value is -3.86. The van der Waals surface area contributed by atoms with Gasteiger partial charge in [-0.25, -0.2) is 0 Å². The molecule has 0 spiro atoms. The predicted octanol–water partition coefficient (Wildman–Crippen LogP) is 5.56. The summed E-state index contributed by atoms with van der Waals surface area (Å²) in [6.07, 6.45) is 0. The molecule has 4 rings (SSSR count). The number of Topliss-reactive ketones (excluding diaryl/α,β-unsaturated/α-hetero) is 1. The van der Waals surface area contributed by atoms with Gasteiger partial charge >= 0.3 is 0 Å². The molecule has 0 saturated carbocycles. The van der Waals surface area contributed by atoms with E-state index in [0.29, 0.717) is 17.0 Å². The topological polar surface area (TPSA) is 66.8 Å². The summed E-state index contributed by atoms with van der Waals surface area (Å²) in [5.41, 5.74) is 5.64. The summed E-state index contributed by atoms with van der Waals surface area (Å²) in [7, 11) is 1.59. The fourth-order valence-electron chi connectivity index (χ4n) is 4.33. The van der Waals surface area contributed by atoms with Crippen molar-refractivity contribution in [2.45, 2.75) is 33.7 Å². The molecule has 1 saturated heterocycles. The molecular weight excluding hydrogens is 414 g/mol. The molecule has 3 aromatic rings. The maximum atomic E-state index is 13.3. The van der Waals surface area contributed by atoms with Gasteiger partial charge in [-0.15, -0.1) is 0 Å². The van der Waals surface area contributed by atoms with Gasteiger partial charge in [0.05, 0.1) is 18.7 Å². The molecule has 1 aliphatic rings. The fraction of sp³-hybridized carbons (Fsp3) is 0.214. The van der Waals surface area contributed by atoms with Crippen molar-refractivity contribution in [3.8, 4) is 5.75 Å². The van der Waals surface area contributed by atoms with Crippen LogP contribution in [0, 0.1) is 27.7 Å². The number of anilines is 1. The van der Waals surface area contributed by atoms with Crippen LogP contribution in [0.5, 0.6) is 5.75 Å². The van der Waals surface area contributed by atoms with Crippen molar-refractivity contribution in [1.82, 2.24) is 0 Å². The average Bonchev–Trinajstić information content (AvgIpc) is 3.07. The summed E-state index contributed by atoms with van der Waals surface area (Å²) < 4.78 is 5.38. The molecule has 1 amide bonds. The number of methoxy groups -OCH3 is 1. The number of aliphatic hydroxyl groups excluding tert-OH is 1. The number of hydrogen-bond donors (Lipinski definition) is 1. The summed E-state index contributed by atoms with van der Waals surface area (Å²) >= 11 is 0. The number of carbonyl (C=O) groups is 2. The third-order valence-corrected chi connectivity index (χ3v) is 6.33. The molecule has 0 radical (unpaired) electrons. The lowest BCUT2D eigenvalue weighted by molar-refractivity contribution is -0.132. The number of benzene rings is 3. The molecule has 5 heteroatoms. The lowest BCUT2D eigenvalue weighted by atomic mass is 9.93. The third kappa shape index (κ3) is 3.80. The highest BCUT2D eigenvalue weighted by Crippen LogP contribution is 2.43. The summed E-state index contributed by atoms with van der Waals surface area (Å²) in [5.74, 6) is -0.847. The zero-order chi connectivity index (χ0) is 23.9. The van der Waals surface area contributed by atoms with E-state index in [9.17, 15) is 14.7 Å². The predicted molar refractivity (Wildman–Crippen MR) is 130 cm³/mol. The van der Waals surface area contributed by atoms with Crippen molar-refractivity contribution in [2.24, 2.45) is 0 Å². The minimum Gasteiger partial charge on any atom is -0.507 e. The molecule has 0 aliphatic carbocycles. The molecule has 1 N–H and O–H groups in total. The standard InChI is InChI=1S/C28H27NO4/c1-16-11-12-21(13-17(16)2)29-25(20-9-7-6-8-10-20)24(27(31)28(29)32)26(30)22-14-19(4)23(33-5)15-18(22)3/h6-15,25,30H,1-5H3/b26-24+. The molecule has 33 heavy (non-hydrogen) atoms. The molecule has 1 fully saturated rings. The number of amides is 1. The normalized spacial score (nSPS) is 17.5. The van der Waals surface area contributed by atoms with Gasteiger partial charge in [0, 0.05) is 11.3 Å². The number of carbonyl (C=O) groups excluding carboxylic acids is 2. The van der Waals surface area contributed by atoms with Gasteiger partial charge in [-0.1, -0.05) is 36.4 Å². The summed E-state index contributed by atoms with van der Waals surface area (Å²) in [6, 6.07) is 17.9. The average molecular weight is 442 g/mol. The number of ether oxygens (including phenoxy) is 1. The summed E-state index contributed by atoms with van der Waals surface area (Å²) in [6.45, 7) is 7.68. The minimum atomic E-state index is -0.741. The van der Waals surface area contributed by atoms with E-state index in [2.05, 4.69) is 0 Å². The largest absolute Gasteiger partial charge is 0.507 e. The van der Waals surface area contributed by atoms with E-state index >= 15 is 0 Å². The lowest BCUT2D eigenvalue weighted by Crippen LogP contribution is -2.29. The van der Waals surface area contributed by atoms with Gasteiger partial charge in [0.2, 0.25) is 0 Å². The number of rotatable bonds is 4. The van der Waals surface area contributed by atoms with Crippen LogP contribution in [0.25, 0.3) is 5.76 Å². The molecule has 0 aromatic heterocycles. The number of ketones is 1. The minimum absolute atomic E-state index is 0.0806. The summed E-state index contributed by atoms with van der Waals surface area (Å²) in [5, 5.41) is 11.4. The van der Waals surface area contributed by atoms with Crippen LogP contribution in [0.1, 0.15) is 39.4 Å². The Morgan fingerprint density at radius 3 is 2.18 bits per heavy atom. The number of nitrogens with zero attached hydrogens (tertiary/aromatic N) is 1. The molecule has 1 unspecified atom stereocenters. The lowest BCUT2D eigenvalue weighted by Gasteiger charge is -2.26. The molecule has 1 heterocycles. The van der Waals surface area contributed by atoms with Crippen molar-refractivity contribution in [2.75, 3.05) is 12.0 Å². The van der Waals surface area contributed by atoms with Crippen molar-refractivity contribution >= 4 is 23.1 Å². The second kappa shape index (κ2) is 8.58. The Morgan fingerprint density at radius 1 is 0.848 bits per heavy atom. The van der Waals surface area contributed by atoms with Crippen molar-refractivity contribution in [3.63, 3.8) is 0 Å². The van der Waals surface area contributed by atoms with Crippen LogP contribution in [-0.2, 0) is 9.59 Å². The Bertz CT molecular complexity index is 1290. The van der Waals surface area contributed by atoms with Crippen LogP contribution < -0.4 is 9.64 Å². The van der Waals surface area contributed by atoms with Gasteiger partial charge in [-0.3, -0.25) is 14.5 Å². The Morgan fingerprint density at radius 2 is 1.55 bits per heavy atom. The first-order valence-corrected chi connectivity index (χ1v) is 10.8. The van der Waals surface area contributed by atoms with Gasteiger partial charge < -0.3 is 9.84 Å². The van der Waals surface area contributed by atoms with Gasteiger partial charge in [0.15, 0.2) is 0 Å². The number of aliphatic hydroxyl groups is 1. The van der Waals surface area contributed by atoms with Crippen molar-refractivity contribution < 1.29 is 19.4 Å². The third-order valence-electron chi connectivity index (χ3n) is 6.33. The highest BCUT2D eigenvalue weighted by atomic mass is 16.5. The molecule has 1 atom stereocenters. The van der Waals surface area contributed by atoms with Crippen LogP contribution in [0.4, 0.5) is 5.69 Å². The first-order valence-electron chi connectivity index (χ1n) is 10.8. The SMILES string of the molecule is COc1cc(C)c(/C(O)=C2\C(=O)C(=O)N(c3ccc(C)c(C)c3)C2c2ccccc2)cc1C. The van der Waals surface area contributed by atoms with E-state index in [1.807, 2.05) is 82.3 Å². The first kappa shape index (κ1) is 22.3. The Balaban J connectivity index is 1.97. The molecule has 3 aromatic carbocycles. The zero-order valence-corrected chi connectivity index (χ0v) is 19.5. The van der Waals surface area contributed by atoms with E-state index in [1.54, 1.807) is 13.2 Å². The van der Waals surface area contributed by atoms with E-state index in [-0.39, 0.29) is 11.3 Å². The number of aryl methyl sites for hydroxylation is 4. The van der Waals surface area contributed by atoms with Gasteiger partial charge in [-0.05, 0) is 79.8 Å². The van der Waals surface area contributed by atoms with Gasteiger partial charge in [0.25, 0.3) is 11.7 Å². The monoisotopic (exact) mass is 441 g/mol. The van der Waals surface area contributed by atoms with E-state index in [0.717, 1.165) is 27.8 Å². The molecule has 0 bridgehead atoms. The van der Waals surface area contributed by atoms with E-state index in [4.69, 9.17) is 4.74 Å².